The first-order chi connectivity index (χ1) is 11.9. The molecular weight excluding hydrogens is 391 g/mol. The molecule has 1 N–H and O–H groups in total. The van der Waals surface area contributed by atoms with Crippen molar-refractivity contribution in [3.63, 3.8) is 0 Å². The number of rotatable bonds is 6. The zero-order valence-electron chi connectivity index (χ0n) is 12.3. The van der Waals surface area contributed by atoms with E-state index in [9.17, 15) is 9.90 Å². The van der Waals surface area contributed by atoms with E-state index in [2.05, 4.69) is 15.5 Å². The molecule has 0 spiro atoms. The highest BCUT2D eigenvalue weighted by Gasteiger charge is 2.16. The van der Waals surface area contributed by atoms with Crippen molar-refractivity contribution in [1.29, 1.82) is 5.26 Å². The van der Waals surface area contributed by atoms with E-state index in [1.807, 2.05) is 6.07 Å². The Morgan fingerprint density at radius 3 is 2.60 bits per heavy atom. The largest absolute Gasteiger partial charge is 0.543 e. The monoisotopic (exact) mass is 397 g/mol. The predicted molar refractivity (Wildman–Crippen MR) is 92.4 cm³/mol. The van der Waals surface area contributed by atoms with Gasteiger partial charge in [0.15, 0.2) is 11.8 Å². The number of ether oxygens (including phenoxy) is 1. The van der Waals surface area contributed by atoms with E-state index in [1.54, 1.807) is 24.3 Å². The minimum Gasteiger partial charge on any atom is -0.543 e. The molecule has 0 atom stereocenters. The van der Waals surface area contributed by atoms with Gasteiger partial charge in [-0.3, -0.25) is 5.43 Å². The van der Waals surface area contributed by atoms with E-state index in [0.717, 1.165) is 0 Å². The van der Waals surface area contributed by atoms with Crippen molar-refractivity contribution in [1.82, 2.24) is 4.98 Å². The van der Waals surface area contributed by atoms with Gasteiger partial charge in [-0.15, -0.1) is 0 Å². The van der Waals surface area contributed by atoms with Gasteiger partial charge in [0.1, 0.15) is 22.5 Å². The predicted octanol–water partition coefficient (Wildman–Crippen LogP) is 2.75. The molecule has 25 heavy (non-hydrogen) atoms. The summed E-state index contributed by atoms with van der Waals surface area (Å²) in [6.07, 6.45) is 1.44. The van der Waals surface area contributed by atoms with Crippen LogP contribution in [0.1, 0.15) is 16.1 Å². The number of halogens is 3. The topological polar surface area (TPSA) is 110 Å². The summed E-state index contributed by atoms with van der Waals surface area (Å²) in [6, 6.07) is 8.59. The Morgan fingerprint density at radius 1 is 1.32 bits per heavy atom. The maximum atomic E-state index is 11.0. The van der Waals surface area contributed by atoms with Crippen molar-refractivity contribution in [2.45, 2.75) is 0 Å². The van der Waals surface area contributed by atoms with E-state index >= 15 is 0 Å². The van der Waals surface area contributed by atoms with Crippen LogP contribution in [0.25, 0.3) is 0 Å². The number of hydrogen-bond donors (Lipinski definition) is 1. The van der Waals surface area contributed by atoms with Crippen LogP contribution in [0.4, 0.5) is 5.69 Å². The van der Waals surface area contributed by atoms with E-state index in [4.69, 9.17) is 44.8 Å². The molecule has 0 radical (unpaired) electrons. The number of nitriles is 1. The fourth-order valence-electron chi connectivity index (χ4n) is 1.68. The highest BCUT2D eigenvalue weighted by Crippen LogP contribution is 2.36. The highest BCUT2D eigenvalue weighted by molar-refractivity contribution is 6.46. The number of benzene rings is 1. The zero-order chi connectivity index (χ0) is 18.4. The summed E-state index contributed by atoms with van der Waals surface area (Å²) in [7, 11) is 0. The number of nitrogens with one attached hydrogen (secondary N) is 1. The minimum atomic E-state index is -1.59. The molecular formula is C15H8Cl3N4O3-. The molecule has 0 unspecified atom stereocenters. The maximum absolute atomic E-state index is 11.0. The van der Waals surface area contributed by atoms with Crippen LogP contribution in [0.2, 0.25) is 15.2 Å². The number of hydrogen-bond acceptors (Lipinski definition) is 7. The van der Waals surface area contributed by atoms with Crippen LogP contribution in [0.5, 0.6) is 5.75 Å². The van der Waals surface area contributed by atoms with Gasteiger partial charge in [0.05, 0.1) is 22.9 Å². The lowest BCUT2D eigenvalue weighted by atomic mass is 10.2. The van der Waals surface area contributed by atoms with Crippen LogP contribution in [0, 0.1) is 11.3 Å². The molecule has 10 heteroatoms. The van der Waals surface area contributed by atoms with Crippen LogP contribution in [0.15, 0.2) is 29.4 Å². The normalized spacial score (nSPS) is 10.5. The Hall–Kier alpha value is -2.53. The second-order valence-corrected chi connectivity index (χ2v) is 5.54. The molecule has 0 aliphatic rings. The third-order valence-electron chi connectivity index (χ3n) is 2.80. The summed E-state index contributed by atoms with van der Waals surface area (Å²) in [5, 5.41) is 22.8. The van der Waals surface area contributed by atoms with E-state index < -0.39 is 11.7 Å². The summed E-state index contributed by atoms with van der Waals surface area (Å²) in [5.74, 6) is -1.05. The molecule has 1 aromatic carbocycles. The van der Waals surface area contributed by atoms with Crippen LogP contribution in [-0.2, 0) is 0 Å². The number of anilines is 1. The summed E-state index contributed by atoms with van der Waals surface area (Å²) in [5.41, 5.74) is 2.67. The van der Waals surface area contributed by atoms with E-state index in [1.165, 1.54) is 6.21 Å². The van der Waals surface area contributed by atoms with Crippen molar-refractivity contribution in [3.05, 3.63) is 50.7 Å². The zero-order valence-corrected chi connectivity index (χ0v) is 14.6. The second kappa shape index (κ2) is 8.53. The summed E-state index contributed by atoms with van der Waals surface area (Å²) in [6.45, 7) is -0.0461. The first-order valence-electron chi connectivity index (χ1n) is 6.58. The van der Waals surface area contributed by atoms with Crippen molar-refractivity contribution in [2.24, 2.45) is 5.10 Å². The Labute approximate surface area is 157 Å². The first-order valence-corrected chi connectivity index (χ1v) is 7.72. The molecule has 2 rings (SSSR count). The lowest BCUT2D eigenvalue weighted by molar-refractivity contribution is -0.255. The highest BCUT2D eigenvalue weighted by atomic mass is 35.5. The quantitative estimate of drug-likeness (QED) is 0.455. The first kappa shape index (κ1) is 18.8. The third-order valence-corrected chi connectivity index (χ3v) is 3.91. The average Bonchev–Trinajstić information content (AvgIpc) is 2.60. The van der Waals surface area contributed by atoms with E-state index in [0.29, 0.717) is 11.3 Å². The van der Waals surface area contributed by atoms with Gasteiger partial charge < -0.3 is 14.6 Å². The fourth-order valence-corrected chi connectivity index (χ4v) is 2.35. The molecule has 0 fully saturated rings. The number of carboxylic acid groups (broad SMARTS) is 1. The third kappa shape index (κ3) is 4.73. The molecule has 1 aromatic heterocycles. The summed E-state index contributed by atoms with van der Waals surface area (Å²) in [4.78, 5) is 14.5. The molecule has 0 bridgehead atoms. The van der Waals surface area contributed by atoms with Crippen LogP contribution in [0.3, 0.4) is 0 Å². The van der Waals surface area contributed by atoms with Gasteiger partial charge in [-0.25, -0.2) is 4.98 Å². The Balaban J connectivity index is 2.17. The van der Waals surface area contributed by atoms with Gasteiger partial charge in [-0.05, 0) is 29.8 Å². The lowest BCUT2D eigenvalue weighted by Crippen LogP contribution is -2.24. The summed E-state index contributed by atoms with van der Waals surface area (Å²) < 4.78 is 5.12. The number of carbonyl (C=O) groups is 1. The van der Waals surface area contributed by atoms with Gasteiger partial charge in [0.2, 0.25) is 0 Å². The number of aromatic carboxylic acids is 1. The summed E-state index contributed by atoms with van der Waals surface area (Å²) >= 11 is 17.6. The van der Waals surface area contributed by atoms with Gasteiger partial charge in [-0.1, -0.05) is 34.8 Å². The van der Waals surface area contributed by atoms with Crippen LogP contribution < -0.4 is 15.3 Å². The number of carboxylic acids is 1. The van der Waals surface area contributed by atoms with Crippen molar-refractivity contribution in [2.75, 3.05) is 12.0 Å². The fraction of sp³-hybridized carbons (Fsp3) is 0.0667. The molecule has 0 amide bonds. The van der Waals surface area contributed by atoms with Gasteiger partial charge in [0.25, 0.3) is 0 Å². The Kier molecular flexibility index (Phi) is 6.42. The molecule has 128 valence electrons. The minimum absolute atomic E-state index is 0.00671. The molecule has 0 aliphatic heterocycles. The average molecular weight is 399 g/mol. The van der Waals surface area contributed by atoms with Crippen molar-refractivity contribution >= 4 is 52.7 Å². The number of pyridine rings is 1. The maximum Gasteiger partial charge on any atom is 0.174 e. The smallest absolute Gasteiger partial charge is 0.174 e. The molecule has 2 aromatic rings. The molecule has 0 aliphatic carbocycles. The van der Waals surface area contributed by atoms with Crippen molar-refractivity contribution < 1.29 is 14.6 Å². The number of aromatic nitrogens is 1. The molecule has 0 saturated carbocycles. The van der Waals surface area contributed by atoms with Gasteiger partial charge >= 0.3 is 0 Å². The van der Waals surface area contributed by atoms with E-state index in [-0.39, 0.29) is 27.5 Å². The van der Waals surface area contributed by atoms with Crippen LogP contribution >= 0.6 is 34.8 Å². The van der Waals surface area contributed by atoms with Gasteiger partial charge in [-0.2, -0.15) is 10.4 Å². The molecule has 7 nitrogen and oxygen atoms in total. The Bertz CT molecular complexity index is 864. The van der Waals surface area contributed by atoms with Crippen molar-refractivity contribution in [3.8, 4) is 11.8 Å². The molecule has 1 heterocycles. The number of hydrazone groups is 1. The SMILES string of the molecule is N#CCOc1ccc(/C=N\Nc2c(Cl)c(Cl)nc(C(=O)[O-])c2Cl)cc1. The number of nitrogens with zero attached hydrogens (tertiary/aromatic N) is 3. The lowest BCUT2D eigenvalue weighted by Gasteiger charge is -2.12. The second-order valence-electron chi connectivity index (χ2n) is 4.43. The Morgan fingerprint density at radius 2 is 2.00 bits per heavy atom. The molecule has 0 saturated heterocycles. The van der Waals surface area contributed by atoms with Crippen LogP contribution in [-0.4, -0.2) is 23.8 Å². The van der Waals surface area contributed by atoms with Gasteiger partial charge in [0, 0.05) is 0 Å². The number of carbonyl (C=O) groups excluding carboxylic acids is 1. The standard InChI is InChI=1S/C15H9Cl3N4O3/c16-10-12(11(17)14(18)21-13(10)15(23)24)22-20-7-8-1-3-9(4-2-8)25-6-5-19/h1-4,7H,6H2,(H,21,22)(H,23,24)/p-1/b20-7-.